The molecule has 83 heavy (non-hydrogen) atoms. The number of hydrogen-bond donors (Lipinski definition) is 0. The normalized spacial score (nSPS) is 13.1. The van der Waals surface area contributed by atoms with Crippen LogP contribution in [0.25, 0.3) is 0 Å². The van der Waals surface area contributed by atoms with E-state index in [1.54, 1.807) is 0 Å². The van der Waals surface area contributed by atoms with Crippen molar-refractivity contribution in [2.45, 2.75) is 297 Å². The molecule has 0 saturated carbocycles. The van der Waals surface area contributed by atoms with Crippen LogP contribution >= 0.6 is 0 Å². The van der Waals surface area contributed by atoms with Gasteiger partial charge in [0.05, 0.1) is 0 Å². The van der Waals surface area contributed by atoms with E-state index in [-0.39, 0.29) is 31.1 Å². The van der Waals surface area contributed by atoms with Gasteiger partial charge in [0.2, 0.25) is 0 Å². The molecule has 0 aliphatic heterocycles. The maximum Gasteiger partial charge on any atom is 0.306 e. The topological polar surface area (TPSA) is 78.9 Å². The number of esters is 3. The maximum absolute atomic E-state index is 12.9. The zero-order valence-corrected chi connectivity index (χ0v) is 53.7. The third kappa shape index (κ3) is 67.7. The second-order valence-electron chi connectivity index (χ2n) is 22.0. The average Bonchev–Trinajstić information content (AvgIpc) is 3.49. The SMILES string of the molecule is CC/C=C\C/C=C\C/C=C\C/C=C\C/C=C\C/C=C\C/C=C\C/C=C\C/C=C\CCCCCCCCCC(=O)OCC(COC(=O)CCCCCCCCCCC)OC(=O)CCCCCCCCCC/C=C\C/C=C\C/C=C\C/C=C\CC. The van der Waals surface area contributed by atoms with Crippen molar-refractivity contribution in [3.8, 4) is 0 Å². The predicted octanol–water partition coefficient (Wildman–Crippen LogP) is 23.7. The molecule has 0 rings (SSSR count). The average molecular weight is 1150 g/mol. The lowest BCUT2D eigenvalue weighted by Crippen LogP contribution is -2.30. The second kappa shape index (κ2) is 69.5. The van der Waals surface area contributed by atoms with Gasteiger partial charge in [0.25, 0.3) is 0 Å². The first-order chi connectivity index (χ1) is 41.0. The molecular formula is C77H124O6. The van der Waals surface area contributed by atoms with Gasteiger partial charge in [-0.15, -0.1) is 0 Å². The lowest BCUT2D eigenvalue weighted by atomic mass is 10.1. The number of carbonyl (C=O) groups excluding carboxylic acids is 3. The summed E-state index contributed by atoms with van der Waals surface area (Å²) in [4.78, 5) is 38.2. The summed E-state index contributed by atoms with van der Waals surface area (Å²) in [6.07, 6.45) is 101. The highest BCUT2D eigenvalue weighted by Gasteiger charge is 2.19. The smallest absolute Gasteiger partial charge is 0.306 e. The molecule has 0 aliphatic carbocycles. The monoisotopic (exact) mass is 1140 g/mol. The highest BCUT2D eigenvalue weighted by Crippen LogP contribution is 2.15. The summed E-state index contributed by atoms with van der Waals surface area (Å²) in [5, 5.41) is 0. The molecular weight excluding hydrogens is 1020 g/mol. The summed E-state index contributed by atoms with van der Waals surface area (Å²) in [7, 11) is 0. The van der Waals surface area contributed by atoms with Gasteiger partial charge in [-0.2, -0.15) is 0 Å². The molecule has 0 N–H and O–H groups in total. The van der Waals surface area contributed by atoms with Crippen molar-refractivity contribution in [2.75, 3.05) is 13.2 Å². The van der Waals surface area contributed by atoms with E-state index in [9.17, 15) is 14.4 Å². The molecule has 0 aromatic rings. The number of allylic oxidation sites excluding steroid dienone is 26. The standard InChI is InChI=1S/C77H124O6/c1-4-7-10-13-16-19-21-23-25-27-29-31-32-33-34-35-36-37-38-39-40-41-42-43-44-46-47-49-51-53-55-58-61-64-67-70-76(79)82-73-74(72-81-75(78)69-66-63-60-57-18-15-12-9-6-3)83-77(80)71-68-65-62-59-56-54-52-50-48-45-30-28-26-24-22-20-17-14-11-8-5-2/h7-8,10-11,16-17,19-20,23-26,29-31,33-34,36-37,39-40,42-43,45-47,74H,4-6,9,12-15,18,21-22,27-28,32,35,38,41,44,48-73H2,1-3H3/b10-7-,11-8-,19-16-,20-17-,25-23-,26-24-,31-29-,34-33-,37-36-,40-39-,43-42-,45-30-,47-46-. The second-order valence-corrected chi connectivity index (χ2v) is 22.0. The Balaban J connectivity index is 4.24. The summed E-state index contributed by atoms with van der Waals surface area (Å²) in [5.41, 5.74) is 0. The van der Waals surface area contributed by atoms with Crippen LogP contribution in [0.5, 0.6) is 0 Å². The largest absolute Gasteiger partial charge is 0.462 e. The van der Waals surface area contributed by atoms with Crippen molar-refractivity contribution < 1.29 is 28.6 Å². The van der Waals surface area contributed by atoms with Crippen molar-refractivity contribution >= 4 is 17.9 Å². The Morgan fingerprint density at radius 2 is 0.470 bits per heavy atom. The summed E-state index contributed by atoms with van der Waals surface area (Å²) in [6, 6.07) is 0. The lowest BCUT2D eigenvalue weighted by molar-refractivity contribution is -0.167. The molecule has 0 aliphatic rings. The van der Waals surface area contributed by atoms with Crippen LogP contribution in [0.3, 0.4) is 0 Å². The Labute approximate surface area is 511 Å². The summed E-state index contributed by atoms with van der Waals surface area (Å²) in [5.74, 6) is -0.910. The number of hydrogen-bond acceptors (Lipinski definition) is 6. The maximum atomic E-state index is 12.9. The highest BCUT2D eigenvalue weighted by molar-refractivity contribution is 5.71. The summed E-state index contributed by atoms with van der Waals surface area (Å²) >= 11 is 0. The fraction of sp³-hybridized carbons (Fsp3) is 0.623. The van der Waals surface area contributed by atoms with Crippen molar-refractivity contribution in [2.24, 2.45) is 0 Å². The van der Waals surface area contributed by atoms with Crippen LogP contribution < -0.4 is 0 Å². The lowest BCUT2D eigenvalue weighted by Gasteiger charge is -2.18. The highest BCUT2D eigenvalue weighted by atomic mass is 16.6. The van der Waals surface area contributed by atoms with Crippen molar-refractivity contribution in [1.82, 2.24) is 0 Å². The summed E-state index contributed by atoms with van der Waals surface area (Å²) in [6.45, 7) is 6.38. The van der Waals surface area contributed by atoms with Crippen LogP contribution in [0.15, 0.2) is 158 Å². The Hall–Kier alpha value is -4.97. The number of rotatable bonds is 60. The van der Waals surface area contributed by atoms with E-state index in [0.29, 0.717) is 19.3 Å². The van der Waals surface area contributed by atoms with Gasteiger partial charge in [0.15, 0.2) is 6.10 Å². The Morgan fingerprint density at radius 3 is 0.735 bits per heavy atom. The van der Waals surface area contributed by atoms with E-state index >= 15 is 0 Å². The molecule has 0 aromatic carbocycles. The first-order valence-corrected chi connectivity index (χ1v) is 34.0. The molecule has 0 bridgehead atoms. The van der Waals surface area contributed by atoms with E-state index in [2.05, 4.69) is 179 Å². The van der Waals surface area contributed by atoms with Crippen LogP contribution in [0, 0.1) is 0 Å². The molecule has 0 aromatic heterocycles. The molecule has 6 heteroatoms. The van der Waals surface area contributed by atoms with Gasteiger partial charge in [-0.1, -0.05) is 301 Å². The molecule has 6 nitrogen and oxygen atoms in total. The molecule has 1 unspecified atom stereocenters. The number of ether oxygens (including phenoxy) is 3. The molecule has 0 spiro atoms. The third-order valence-corrected chi connectivity index (χ3v) is 14.0. The van der Waals surface area contributed by atoms with Gasteiger partial charge >= 0.3 is 17.9 Å². The Kier molecular flexibility index (Phi) is 65.4. The third-order valence-electron chi connectivity index (χ3n) is 14.0. The van der Waals surface area contributed by atoms with Crippen LogP contribution in [-0.2, 0) is 28.6 Å². The molecule has 468 valence electrons. The van der Waals surface area contributed by atoms with Gasteiger partial charge in [-0.3, -0.25) is 14.4 Å². The first kappa shape index (κ1) is 78.0. The molecule has 0 fully saturated rings. The van der Waals surface area contributed by atoms with Crippen LogP contribution in [0.2, 0.25) is 0 Å². The van der Waals surface area contributed by atoms with Crippen LogP contribution in [0.1, 0.15) is 290 Å². The van der Waals surface area contributed by atoms with Gasteiger partial charge in [-0.05, 0) is 128 Å². The minimum atomic E-state index is -0.792. The zero-order chi connectivity index (χ0) is 59.9. The number of unbranched alkanes of at least 4 members (excludes halogenated alkanes) is 23. The van der Waals surface area contributed by atoms with Gasteiger partial charge in [-0.25, -0.2) is 0 Å². The number of carbonyl (C=O) groups is 3. The molecule has 0 amide bonds. The van der Waals surface area contributed by atoms with Gasteiger partial charge in [0.1, 0.15) is 13.2 Å². The van der Waals surface area contributed by atoms with E-state index in [0.717, 1.165) is 154 Å². The van der Waals surface area contributed by atoms with Crippen molar-refractivity contribution in [3.63, 3.8) is 0 Å². The van der Waals surface area contributed by atoms with E-state index < -0.39 is 6.10 Å². The molecule has 0 heterocycles. The summed E-state index contributed by atoms with van der Waals surface area (Å²) < 4.78 is 16.9. The van der Waals surface area contributed by atoms with E-state index in [4.69, 9.17) is 14.2 Å². The first-order valence-electron chi connectivity index (χ1n) is 34.0. The minimum absolute atomic E-state index is 0.0878. The van der Waals surface area contributed by atoms with E-state index in [1.165, 1.54) is 96.3 Å². The van der Waals surface area contributed by atoms with Crippen molar-refractivity contribution in [1.29, 1.82) is 0 Å². The minimum Gasteiger partial charge on any atom is -0.462 e. The predicted molar refractivity (Wildman–Crippen MR) is 362 cm³/mol. The Bertz CT molecular complexity index is 1840. The zero-order valence-electron chi connectivity index (χ0n) is 53.7. The molecule has 1 atom stereocenters. The van der Waals surface area contributed by atoms with Crippen LogP contribution in [0.4, 0.5) is 0 Å². The van der Waals surface area contributed by atoms with Crippen LogP contribution in [-0.4, -0.2) is 37.2 Å². The molecule has 0 saturated heterocycles. The van der Waals surface area contributed by atoms with E-state index in [1.807, 2.05) is 0 Å². The quantitative estimate of drug-likeness (QED) is 0.0261. The van der Waals surface area contributed by atoms with Gasteiger partial charge in [0, 0.05) is 19.3 Å². The molecule has 0 radical (unpaired) electrons. The van der Waals surface area contributed by atoms with Gasteiger partial charge < -0.3 is 14.2 Å². The Morgan fingerprint density at radius 1 is 0.253 bits per heavy atom. The fourth-order valence-corrected chi connectivity index (χ4v) is 9.01. The van der Waals surface area contributed by atoms with Crippen molar-refractivity contribution in [3.05, 3.63) is 158 Å². The fourth-order valence-electron chi connectivity index (χ4n) is 9.01.